The zero-order valence-electron chi connectivity index (χ0n) is 10.1. The molecule has 0 aromatic rings. The molecule has 1 N–H and O–H groups in total. The highest BCUT2D eigenvalue weighted by molar-refractivity contribution is 5.97. The molecule has 0 bridgehead atoms. The van der Waals surface area contributed by atoms with E-state index in [0.717, 1.165) is 6.54 Å². The van der Waals surface area contributed by atoms with Crippen molar-refractivity contribution in [2.45, 2.75) is 45.1 Å². The molecule has 1 heterocycles. The minimum Gasteiger partial charge on any atom is -0.340 e. The zero-order chi connectivity index (χ0) is 11.8. The number of hydrogen-bond donors (Lipinski definition) is 1. The number of hydrogen-bond acceptors (Lipinski definition) is 2. The molecule has 2 rings (SSSR count). The Morgan fingerprint density at radius 2 is 2.12 bits per heavy atom. The van der Waals surface area contributed by atoms with Gasteiger partial charge in [0.1, 0.15) is 5.54 Å². The predicted octanol–water partition coefficient (Wildman–Crippen LogP) is 0.914. The topological polar surface area (TPSA) is 49.4 Å². The van der Waals surface area contributed by atoms with Gasteiger partial charge in [-0.2, -0.15) is 0 Å². The van der Waals surface area contributed by atoms with Gasteiger partial charge in [-0.25, -0.2) is 0 Å². The van der Waals surface area contributed by atoms with E-state index in [0.29, 0.717) is 12.3 Å². The summed E-state index contributed by atoms with van der Waals surface area (Å²) in [6.07, 6.45) is 4.32. The highest BCUT2D eigenvalue weighted by Gasteiger charge is 2.42. The molecule has 1 saturated heterocycles. The monoisotopic (exact) mass is 224 g/mol. The fourth-order valence-corrected chi connectivity index (χ4v) is 2.37. The van der Waals surface area contributed by atoms with E-state index in [2.05, 4.69) is 5.32 Å². The van der Waals surface area contributed by atoms with Crippen molar-refractivity contribution in [3.8, 4) is 0 Å². The van der Waals surface area contributed by atoms with E-state index >= 15 is 0 Å². The lowest BCUT2D eigenvalue weighted by Crippen LogP contribution is -2.65. The number of nitrogens with one attached hydrogen (secondary N) is 1. The molecule has 2 amide bonds. The van der Waals surface area contributed by atoms with E-state index in [1.165, 1.54) is 19.3 Å². The lowest BCUT2D eigenvalue weighted by Gasteiger charge is -2.41. The van der Waals surface area contributed by atoms with Crippen LogP contribution in [0.15, 0.2) is 0 Å². The third-order valence-electron chi connectivity index (χ3n) is 3.92. The molecule has 1 saturated carbocycles. The summed E-state index contributed by atoms with van der Waals surface area (Å²) in [5.74, 6) is 0.681. The average Bonchev–Trinajstić information content (AvgIpc) is 2.18. The number of rotatable bonds is 3. The van der Waals surface area contributed by atoms with Gasteiger partial charge in [-0.3, -0.25) is 9.59 Å². The van der Waals surface area contributed by atoms with E-state index < -0.39 is 5.54 Å². The minimum atomic E-state index is -0.681. The molecule has 1 aliphatic carbocycles. The van der Waals surface area contributed by atoms with Crippen molar-refractivity contribution in [1.82, 2.24) is 10.2 Å². The fourth-order valence-electron chi connectivity index (χ4n) is 2.37. The molecule has 16 heavy (non-hydrogen) atoms. The van der Waals surface area contributed by atoms with Crippen LogP contribution >= 0.6 is 0 Å². The van der Waals surface area contributed by atoms with Crippen LogP contribution in [-0.2, 0) is 9.59 Å². The minimum absolute atomic E-state index is 0.0247. The molecule has 2 aliphatic rings. The lowest BCUT2D eigenvalue weighted by atomic mass is 9.84. The van der Waals surface area contributed by atoms with Crippen molar-refractivity contribution in [1.29, 1.82) is 0 Å². The van der Waals surface area contributed by atoms with E-state index in [4.69, 9.17) is 0 Å². The van der Waals surface area contributed by atoms with Gasteiger partial charge in [0, 0.05) is 6.54 Å². The summed E-state index contributed by atoms with van der Waals surface area (Å²) in [4.78, 5) is 25.5. The van der Waals surface area contributed by atoms with Crippen LogP contribution in [0.5, 0.6) is 0 Å². The van der Waals surface area contributed by atoms with Gasteiger partial charge in [0.25, 0.3) is 0 Å². The Hall–Kier alpha value is -1.06. The van der Waals surface area contributed by atoms with Gasteiger partial charge in [0.05, 0.1) is 6.54 Å². The second kappa shape index (κ2) is 4.07. The molecule has 1 unspecified atom stereocenters. The molecule has 4 heteroatoms. The maximum Gasteiger partial charge on any atom is 0.248 e. The second-order valence-corrected chi connectivity index (χ2v) is 5.22. The van der Waals surface area contributed by atoms with Crippen molar-refractivity contribution in [3.63, 3.8) is 0 Å². The molecule has 1 atom stereocenters. The molecular formula is C12H20N2O2. The molecule has 4 nitrogen and oxygen atoms in total. The van der Waals surface area contributed by atoms with E-state index in [1.54, 1.807) is 4.90 Å². The second-order valence-electron chi connectivity index (χ2n) is 5.22. The van der Waals surface area contributed by atoms with Crippen molar-refractivity contribution in [2.24, 2.45) is 5.92 Å². The Morgan fingerprint density at radius 1 is 1.44 bits per heavy atom. The van der Waals surface area contributed by atoms with E-state index in [9.17, 15) is 9.59 Å². The van der Waals surface area contributed by atoms with Crippen LogP contribution in [0, 0.1) is 5.92 Å². The first-order chi connectivity index (χ1) is 7.55. The maximum absolute atomic E-state index is 12.2. The van der Waals surface area contributed by atoms with Crippen LogP contribution in [0.2, 0.25) is 0 Å². The van der Waals surface area contributed by atoms with Crippen molar-refractivity contribution < 1.29 is 9.59 Å². The normalized spacial score (nSPS) is 31.2. The molecule has 2 fully saturated rings. The first-order valence-corrected chi connectivity index (χ1v) is 6.15. The van der Waals surface area contributed by atoms with Gasteiger partial charge < -0.3 is 10.2 Å². The number of piperazine rings is 1. The molecule has 0 radical (unpaired) electrons. The van der Waals surface area contributed by atoms with Crippen molar-refractivity contribution in [2.75, 3.05) is 13.1 Å². The molecule has 0 aromatic heterocycles. The summed E-state index contributed by atoms with van der Waals surface area (Å²) < 4.78 is 0. The number of carbonyl (C=O) groups excluding carboxylic acids is 2. The first kappa shape index (κ1) is 11.4. The van der Waals surface area contributed by atoms with Crippen molar-refractivity contribution in [3.05, 3.63) is 0 Å². The van der Waals surface area contributed by atoms with Crippen LogP contribution in [0.1, 0.15) is 39.5 Å². The molecular weight excluding hydrogens is 204 g/mol. The van der Waals surface area contributed by atoms with Gasteiger partial charge in [0.15, 0.2) is 0 Å². The Labute approximate surface area is 96.4 Å². The largest absolute Gasteiger partial charge is 0.340 e. The zero-order valence-corrected chi connectivity index (χ0v) is 10.1. The van der Waals surface area contributed by atoms with E-state index in [-0.39, 0.29) is 18.4 Å². The summed E-state index contributed by atoms with van der Waals surface area (Å²) in [5.41, 5.74) is -0.681. The van der Waals surface area contributed by atoms with Crippen LogP contribution in [0.4, 0.5) is 0 Å². The van der Waals surface area contributed by atoms with Crippen LogP contribution in [0.3, 0.4) is 0 Å². The summed E-state index contributed by atoms with van der Waals surface area (Å²) in [7, 11) is 0. The van der Waals surface area contributed by atoms with Gasteiger partial charge in [-0.15, -0.1) is 0 Å². The van der Waals surface area contributed by atoms with Crippen LogP contribution in [-0.4, -0.2) is 35.3 Å². The molecule has 0 spiro atoms. The summed E-state index contributed by atoms with van der Waals surface area (Å²) in [6, 6.07) is 0. The van der Waals surface area contributed by atoms with Gasteiger partial charge >= 0.3 is 0 Å². The van der Waals surface area contributed by atoms with Crippen LogP contribution < -0.4 is 5.32 Å². The first-order valence-electron chi connectivity index (χ1n) is 6.15. The number of amides is 2. The Bertz CT molecular complexity index is 312. The molecule has 0 aromatic carbocycles. The smallest absolute Gasteiger partial charge is 0.248 e. The fraction of sp³-hybridized carbons (Fsp3) is 0.833. The predicted molar refractivity (Wildman–Crippen MR) is 60.8 cm³/mol. The molecule has 1 aliphatic heterocycles. The average molecular weight is 224 g/mol. The SMILES string of the molecule is CCC1(C)NC(=O)CN(CC2CCC2)C1=O. The van der Waals surface area contributed by atoms with Gasteiger partial charge in [0.2, 0.25) is 11.8 Å². The Balaban J connectivity index is 2.05. The van der Waals surface area contributed by atoms with Gasteiger partial charge in [-0.05, 0) is 32.1 Å². The number of nitrogens with zero attached hydrogens (tertiary/aromatic N) is 1. The number of carbonyl (C=O) groups is 2. The Morgan fingerprint density at radius 3 is 2.62 bits per heavy atom. The van der Waals surface area contributed by atoms with Crippen molar-refractivity contribution >= 4 is 11.8 Å². The summed E-state index contributed by atoms with van der Waals surface area (Å²) in [5, 5.41) is 2.80. The third-order valence-corrected chi connectivity index (χ3v) is 3.92. The summed E-state index contributed by atoms with van der Waals surface area (Å²) in [6.45, 7) is 4.76. The van der Waals surface area contributed by atoms with Gasteiger partial charge in [-0.1, -0.05) is 13.3 Å². The third kappa shape index (κ3) is 1.93. The standard InChI is InChI=1S/C12H20N2O2/c1-3-12(2)11(16)14(8-10(15)13-12)7-9-5-4-6-9/h9H,3-8H2,1-2H3,(H,13,15). The highest BCUT2D eigenvalue weighted by atomic mass is 16.2. The Kier molecular flexibility index (Phi) is 2.91. The maximum atomic E-state index is 12.2. The van der Waals surface area contributed by atoms with Crippen LogP contribution in [0.25, 0.3) is 0 Å². The summed E-state index contributed by atoms with van der Waals surface area (Å²) >= 11 is 0. The molecule has 90 valence electrons. The lowest BCUT2D eigenvalue weighted by molar-refractivity contribution is -0.150. The van der Waals surface area contributed by atoms with E-state index in [1.807, 2.05) is 13.8 Å². The highest BCUT2D eigenvalue weighted by Crippen LogP contribution is 2.28. The quantitative estimate of drug-likeness (QED) is 0.774.